The Bertz CT molecular complexity index is 317. The number of nitrogens with two attached hydrogens (primary N) is 1. The van der Waals surface area contributed by atoms with Crippen molar-refractivity contribution in [2.45, 2.75) is 26.2 Å². The van der Waals surface area contributed by atoms with Crippen LogP contribution in [0.15, 0.2) is 24.3 Å². The van der Waals surface area contributed by atoms with Crippen LogP contribution < -0.4 is 5.73 Å². The Morgan fingerprint density at radius 1 is 1.35 bits per heavy atom. The summed E-state index contributed by atoms with van der Waals surface area (Å²) in [4.78, 5) is 0. The normalized spacial score (nSPS) is 12.6. The van der Waals surface area contributed by atoms with Crippen LogP contribution in [0.4, 0.5) is 0 Å². The maximum absolute atomic E-state index is 6.16. The van der Waals surface area contributed by atoms with E-state index in [-0.39, 0.29) is 0 Å². The molecule has 0 aliphatic heterocycles. The van der Waals surface area contributed by atoms with Crippen LogP contribution in [-0.2, 0) is 6.42 Å². The molecule has 1 atom stereocenters. The van der Waals surface area contributed by atoms with Crippen LogP contribution in [-0.4, -0.2) is 18.1 Å². The summed E-state index contributed by atoms with van der Waals surface area (Å²) in [5.74, 6) is 3.01. The summed E-state index contributed by atoms with van der Waals surface area (Å²) < 4.78 is 0. The molecule has 0 heterocycles. The standard InChI is InChI=1S/C14H22ClNS/c1-2-17-9-5-6-12(11-16)10-13-7-3-4-8-14(13)15/h3-4,7-8,12H,2,5-6,9-11,16H2,1H3. The molecule has 1 rings (SSSR count). The van der Waals surface area contributed by atoms with E-state index in [9.17, 15) is 0 Å². The number of thioether (sulfide) groups is 1. The van der Waals surface area contributed by atoms with E-state index in [0.29, 0.717) is 5.92 Å². The zero-order chi connectivity index (χ0) is 12.5. The Labute approximate surface area is 114 Å². The number of rotatable bonds is 8. The zero-order valence-electron chi connectivity index (χ0n) is 10.5. The Morgan fingerprint density at radius 2 is 2.12 bits per heavy atom. The third-order valence-electron chi connectivity index (χ3n) is 2.90. The first-order valence-electron chi connectivity index (χ1n) is 6.29. The molecule has 1 nitrogen and oxygen atoms in total. The molecule has 0 amide bonds. The molecular weight excluding hydrogens is 250 g/mol. The van der Waals surface area contributed by atoms with Crippen molar-refractivity contribution < 1.29 is 0 Å². The Kier molecular flexibility index (Phi) is 7.74. The molecule has 3 heteroatoms. The molecule has 1 unspecified atom stereocenters. The summed E-state index contributed by atoms with van der Waals surface area (Å²) in [6.45, 7) is 2.96. The molecule has 0 aromatic heterocycles. The van der Waals surface area contributed by atoms with Crippen molar-refractivity contribution in [3.8, 4) is 0 Å². The Balaban J connectivity index is 2.38. The number of halogens is 1. The number of hydrogen-bond acceptors (Lipinski definition) is 2. The fourth-order valence-corrected chi connectivity index (χ4v) is 2.77. The minimum Gasteiger partial charge on any atom is -0.330 e. The van der Waals surface area contributed by atoms with Crippen LogP contribution >= 0.6 is 23.4 Å². The smallest absolute Gasteiger partial charge is 0.0438 e. The molecule has 0 bridgehead atoms. The third kappa shape index (κ3) is 5.80. The third-order valence-corrected chi connectivity index (χ3v) is 4.26. The van der Waals surface area contributed by atoms with E-state index in [1.54, 1.807) is 0 Å². The second kappa shape index (κ2) is 8.84. The number of benzene rings is 1. The van der Waals surface area contributed by atoms with E-state index >= 15 is 0 Å². The lowest BCUT2D eigenvalue weighted by atomic mass is 9.95. The van der Waals surface area contributed by atoms with E-state index in [0.717, 1.165) is 18.0 Å². The first-order chi connectivity index (χ1) is 8.27. The Morgan fingerprint density at radius 3 is 2.76 bits per heavy atom. The molecular formula is C14H22ClNS. The highest BCUT2D eigenvalue weighted by Crippen LogP contribution is 2.21. The van der Waals surface area contributed by atoms with Crippen molar-refractivity contribution in [3.05, 3.63) is 34.9 Å². The van der Waals surface area contributed by atoms with Crippen molar-refractivity contribution in [3.63, 3.8) is 0 Å². The van der Waals surface area contributed by atoms with E-state index in [1.165, 1.54) is 29.9 Å². The predicted octanol–water partition coefficient (Wildman–Crippen LogP) is 3.99. The highest BCUT2D eigenvalue weighted by molar-refractivity contribution is 7.99. The lowest BCUT2D eigenvalue weighted by Crippen LogP contribution is -2.17. The van der Waals surface area contributed by atoms with E-state index in [1.807, 2.05) is 30.0 Å². The summed E-state index contributed by atoms with van der Waals surface area (Å²) in [6, 6.07) is 8.08. The van der Waals surface area contributed by atoms with Gasteiger partial charge in [0.1, 0.15) is 0 Å². The molecule has 1 aromatic rings. The summed E-state index contributed by atoms with van der Waals surface area (Å²) in [5, 5.41) is 0.869. The minimum absolute atomic E-state index is 0.562. The van der Waals surface area contributed by atoms with Gasteiger partial charge in [0.25, 0.3) is 0 Å². The van der Waals surface area contributed by atoms with E-state index < -0.39 is 0 Å². The molecule has 96 valence electrons. The topological polar surface area (TPSA) is 26.0 Å². The van der Waals surface area contributed by atoms with Gasteiger partial charge in [0.15, 0.2) is 0 Å². The lowest BCUT2D eigenvalue weighted by Gasteiger charge is -2.15. The van der Waals surface area contributed by atoms with Gasteiger partial charge in [0.2, 0.25) is 0 Å². The molecule has 2 N–H and O–H groups in total. The van der Waals surface area contributed by atoms with Gasteiger partial charge in [-0.1, -0.05) is 36.7 Å². The molecule has 0 spiro atoms. The van der Waals surface area contributed by atoms with Crippen molar-refractivity contribution >= 4 is 23.4 Å². The predicted molar refractivity (Wildman–Crippen MR) is 79.9 cm³/mol. The lowest BCUT2D eigenvalue weighted by molar-refractivity contribution is 0.489. The fourth-order valence-electron chi connectivity index (χ4n) is 1.90. The first kappa shape index (κ1) is 14.9. The van der Waals surface area contributed by atoms with Crippen molar-refractivity contribution in [1.29, 1.82) is 0 Å². The van der Waals surface area contributed by atoms with Gasteiger partial charge >= 0.3 is 0 Å². The van der Waals surface area contributed by atoms with Crippen LogP contribution in [0.2, 0.25) is 5.02 Å². The second-order valence-electron chi connectivity index (χ2n) is 4.24. The maximum Gasteiger partial charge on any atom is 0.0438 e. The largest absolute Gasteiger partial charge is 0.330 e. The maximum atomic E-state index is 6.16. The van der Waals surface area contributed by atoms with Gasteiger partial charge in [0.05, 0.1) is 0 Å². The van der Waals surface area contributed by atoms with Crippen LogP contribution in [0, 0.1) is 5.92 Å². The van der Waals surface area contributed by atoms with E-state index in [2.05, 4.69) is 13.0 Å². The van der Waals surface area contributed by atoms with Crippen LogP contribution in [0.25, 0.3) is 0 Å². The molecule has 0 aliphatic carbocycles. The van der Waals surface area contributed by atoms with Crippen LogP contribution in [0.1, 0.15) is 25.3 Å². The monoisotopic (exact) mass is 271 g/mol. The Hall–Kier alpha value is -0.180. The molecule has 0 saturated heterocycles. The van der Waals surface area contributed by atoms with Gasteiger partial charge < -0.3 is 5.73 Å². The average Bonchev–Trinajstić information content (AvgIpc) is 2.35. The van der Waals surface area contributed by atoms with Gasteiger partial charge in [-0.2, -0.15) is 11.8 Å². The molecule has 17 heavy (non-hydrogen) atoms. The summed E-state index contributed by atoms with van der Waals surface area (Å²) in [6.07, 6.45) is 3.46. The average molecular weight is 272 g/mol. The minimum atomic E-state index is 0.562. The fraction of sp³-hybridized carbons (Fsp3) is 0.571. The molecule has 1 aromatic carbocycles. The second-order valence-corrected chi connectivity index (χ2v) is 6.04. The molecule has 0 saturated carbocycles. The molecule has 0 radical (unpaired) electrons. The molecule has 0 fully saturated rings. The van der Waals surface area contributed by atoms with Crippen LogP contribution in [0.5, 0.6) is 0 Å². The van der Waals surface area contributed by atoms with Gasteiger partial charge in [0, 0.05) is 5.02 Å². The van der Waals surface area contributed by atoms with Crippen LogP contribution in [0.3, 0.4) is 0 Å². The van der Waals surface area contributed by atoms with Gasteiger partial charge in [-0.25, -0.2) is 0 Å². The van der Waals surface area contributed by atoms with Crippen molar-refractivity contribution in [2.24, 2.45) is 11.7 Å². The quantitative estimate of drug-likeness (QED) is 0.724. The summed E-state index contributed by atoms with van der Waals surface area (Å²) >= 11 is 8.17. The van der Waals surface area contributed by atoms with Gasteiger partial charge in [-0.15, -0.1) is 0 Å². The van der Waals surface area contributed by atoms with Crippen molar-refractivity contribution in [2.75, 3.05) is 18.1 Å². The highest BCUT2D eigenvalue weighted by Gasteiger charge is 2.09. The number of hydrogen-bond donors (Lipinski definition) is 1. The van der Waals surface area contributed by atoms with E-state index in [4.69, 9.17) is 17.3 Å². The summed E-state index contributed by atoms with van der Waals surface area (Å²) in [5.41, 5.74) is 7.06. The SMILES string of the molecule is CCSCCCC(CN)Cc1ccccc1Cl. The van der Waals surface area contributed by atoms with Crippen molar-refractivity contribution in [1.82, 2.24) is 0 Å². The molecule has 0 aliphatic rings. The summed E-state index contributed by atoms with van der Waals surface area (Å²) in [7, 11) is 0. The van der Waals surface area contributed by atoms with Gasteiger partial charge in [-0.3, -0.25) is 0 Å². The zero-order valence-corrected chi connectivity index (χ0v) is 12.1. The first-order valence-corrected chi connectivity index (χ1v) is 7.82. The van der Waals surface area contributed by atoms with Gasteiger partial charge in [-0.05, 0) is 54.9 Å². The highest BCUT2D eigenvalue weighted by atomic mass is 35.5.